The van der Waals surface area contributed by atoms with Crippen molar-refractivity contribution in [3.63, 3.8) is 0 Å². The van der Waals surface area contributed by atoms with Gasteiger partial charge in [-0.25, -0.2) is 9.59 Å². The van der Waals surface area contributed by atoms with Gasteiger partial charge in [0.25, 0.3) is 0 Å². The van der Waals surface area contributed by atoms with Crippen LogP contribution >= 0.6 is 0 Å². The maximum Gasteiger partial charge on any atom is 0.411 e. The first-order valence-electron chi connectivity index (χ1n) is 6.92. The standard InChI is InChI=1S/C13H23N3O3/c1-13(2,3)19-12(18)16-8-5-4-6-10(16)15-9-7-14-11(15)17/h10H,4-9H2,1-3H3,(H,14,17). The second-order valence-corrected chi connectivity index (χ2v) is 6.08. The monoisotopic (exact) mass is 269 g/mol. The number of amides is 3. The molecule has 2 rings (SSSR count). The van der Waals surface area contributed by atoms with Gasteiger partial charge in [-0.05, 0) is 40.0 Å². The number of rotatable bonds is 1. The highest BCUT2D eigenvalue weighted by Crippen LogP contribution is 2.23. The van der Waals surface area contributed by atoms with E-state index in [1.165, 1.54) is 0 Å². The highest BCUT2D eigenvalue weighted by Gasteiger charge is 2.37. The molecule has 0 aromatic carbocycles. The minimum Gasteiger partial charge on any atom is -0.444 e. The summed E-state index contributed by atoms with van der Waals surface area (Å²) in [4.78, 5) is 27.4. The Morgan fingerprint density at radius 1 is 1.32 bits per heavy atom. The van der Waals surface area contributed by atoms with Crippen molar-refractivity contribution >= 4 is 12.1 Å². The number of hydrogen-bond donors (Lipinski definition) is 1. The fourth-order valence-corrected chi connectivity index (χ4v) is 2.54. The van der Waals surface area contributed by atoms with Gasteiger partial charge in [0.15, 0.2) is 0 Å². The molecule has 0 saturated carbocycles. The first-order chi connectivity index (χ1) is 8.88. The third kappa shape index (κ3) is 3.30. The molecule has 2 heterocycles. The van der Waals surface area contributed by atoms with Crippen LogP contribution in [0.25, 0.3) is 0 Å². The molecule has 2 aliphatic rings. The van der Waals surface area contributed by atoms with Gasteiger partial charge in [-0.1, -0.05) is 0 Å². The van der Waals surface area contributed by atoms with E-state index in [0.29, 0.717) is 19.6 Å². The molecule has 6 nitrogen and oxygen atoms in total. The zero-order chi connectivity index (χ0) is 14.0. The summed E-state index contributed by atoms with van der Waals surface area (Å²) < 4.78 is 5.43. The van der Waals surface area contributed by atoms with E-state index in [0.717, 1.165) is 19.3 Å². The Labute approximate surface area is 114 Å². The van der Waals surface area contributed by atoms with E-state index < -0.39 is 5.60 Å². The number of piperidine rings is 1. The van der Waals surface area contributed by atoms with Crippen molar-refractivity contribution in [3.05, 3.63) is 0 Å². The summed E-state index contributed by atoms with van der Waals surface area (Å²) >= 11 is 0. The second kappa shape index (κ2) is 5.27. The van der Waals surface area contributed by atoms with Crippen molar-refractivity contribution in [1.82, 2.24) is 15.1 Å². The van der Waals surface area contributed by atoms with E-state index in [-0.39, 0.29) is 18.3 Å². The Hall–Kier alpha value is -1.46. The third-order valence-electron chi connectivity index (χ3n) is 3.35. The van der Waals surface area contributed by atoms with Crippen molar-refractivity contribution in [2.75, 3.05) is 19.6 Å². The fraction of sp³-hybridized carbons (Fsp3) is 0.846. The Morgan fingerprint density at radius 2 is 2.05 bits per heavy atom. The first kappa shape index (κ1) is 14.0. The number of nitrogens with zero attached hydrogens (tertiary/aromatic N) is 2. The molecule has 19 heavy (non-hydrogen) atoms. The van der Waals surface area contributed by atoms with Gasteiger partial charge in [0.1, 0.15) is 11.8 Å². The summed E-state index contributed by atoms with van der Waals surface area (Å²) in [6.45, 7) is 7.52. The predicted octanol–water partition coefficient (Wildman–Crippen LogP) is 1.76. The van der Waals surface area contributed by atoms with Crippen LogP contribution in [0.1, 0.15) is 40.0 Å². The van der Waals surface area contributed by atoms with Crippen LogP contribution < -0.4 is 5.32 Å². The van der Waals surface area contributed by atoms with Gasteiger partial charge in [0, 0.05) is 19.6 Å². The normalized spacial score (nSPS) is 24.4. The molecule has 1 N–H and O–H groups in total. The lowest BCUT2D eigenvalue weighted by Gasteiger charge is -2.40. The number of hydrogen-bond acceptors (Lipinski definition) is 3. The predicted molar refractivity (Wildman–Crippen MR) is 70.7 cm³/mol. The molecule has 0 aromatic rings. The lowest BCUT2D eigenvalue weighted by Crippen LogP contribution is -2.55. The van der Waals surface area contributed by atoms with Crippen LogP contribution in [0.15, 0.2) is 0 Å². The molecular weight excluding hydrogens is 246 g/mol. The zero-order valence-corrected chi connectivity index (χ0v) is 11.9. The summed E-state index contributed by atoms with van der Waals surface area (Å²) in [6.07, 6.45) is 2.34. The fourth-order valence-electron chi connectivity index (χ4n) is 2.54. The van der Waals surface area contributed by atoms with Gasteiger partial charge < -0.3 is 15.0 Å². The van der Waals surface area contributed by atoms with Crippen LogP contribution in [0.5, 0.6) is 0 Å². The summed E-state index contributed by atoms with van der Waals surface area (Å²) in [5.41, 5.74) is -0.508. The summed E-state index contributed by atoms with van der Waals surface area (Å²) in [5.74, 6) is 0. The van der Waals surface area contributed by atoms with Crippen LogP contribution in [0.3, 0.4) is 0 Å². The molecule has 6 heteroatoms. The quantitative estimate of drug-likeness (QED) is 0.789. The SMILES string of the molecule is CC(C)(C)OC(=O)N1CCCCC1N1CCNC1=O. The van der Waals surface area contributed by atoms with Crippen LogP contribution in [0.2, 0.25) is 0 Å². The van der Waals surface area contributed by atoms with Gasteiger partial charge >= 0.3 is 12.1 Å². The molecule has 2 aliphatic heterocycles. The molecule has 1 atom stereocenters. The molecule has 108 valence electrons. The summed E-state index contributed by atoms with van der Waals surface area (Å²) in [6, 6.07) is -0.0829. The molecule has 2 fully saturated rings. The molecule has 1 unspecified atom stereocenters. The van der Waals surface area contributed by atoms with Crippen molar-refractivity contribution in [2.45, 2.75) is 51.8 Å². The van der Waals surface area contributed by atoms with E-state index >= 15 is 0 Å². The number of urea groups is 1. The van der Waals surface area contributed by atoms with Crippen molar-refractivity contribution in [3.8, 4) is 0 Å². The molecular formula is C13H23N3O3. The van der Waals surface area contributed by atoms with Crippen LogP contribution in [0, 0.1) is 0 Å². The van der Waals surface area contributed by atoms with Crippen molar-refractivity contribution in [2.24, 2.45) is 0 Å². The largest absolute Gasteiger partial charge is 0.444 e. The van der Waals surface area contributed by atoms with Crippen molar-refractivity contribution in [1.29, 1.82) is 0 Å². The van der Waals surface area contributed by atoms with Crippen LogP contribution in [0.4, 0.5) is 9.59 Å². The maximum absolute atomic E-state index is 12.2. The summed E-state index contributed by atoms with van der Waals surface area (Å²) in [7, 11) is 0. The lowest BCUT2D eigenvalue weighted by atomic mass is 10.1. The van der Waals surface area contributed by atoms with E-state index in [2.05, 4.69) is 5.32 Å². The molecule has 0 aliphatic carbocycles. The van der Waals surface area contributed by atoms with Crippen LogP contribution in [-0.2, 0) is 4.74 Å². The number of likely N-dealkylation sites (tertiary alicyclic amines) is 1. The number of carbonyl (C=O) groups excluding carboxylic acids is 2. The van der Waals surface area contributed by atoms with Gasteiger partial charge in [0.2, 0.25) is 0 Å². The first-order valence-corrected chi connectivity index (χ1v) is 6.92. The topological polar surface area (TPSA) is 61.9 Å². The molecule has 0 spiro atoms. The Morgan fingerprint density at radius 3 is 2.63 bits per heavy atom. The van der Waals surface area contributed by atoms with Gasteiger partial charge in [-0.15, -0.1) is 0 Å². The Balaban J connectivity index is 2.07. The van der Waals surface area contributed by atoms with Gasteiger partial charge in [0.05, 0.1) is 0 Å². The maximum atomic E-state index is 12.2. The Bertz CT molecular complexity index is 365. The average Bonchev–Trinajstić information content (AvgIpc) is 2.73. The molecule has 0 radical (unpaired) electrons. The lowest BCUT2D eigenvalue weighted by molar-refractivity contribution is -0.0112. The minimum atomic E-state index is -0.508. The smallest absolute Gasteiger partial charge is 0.411 e. The molecule has 2 saturated heterocycles. The highest BCUT2D eigenvalue weighted by molar-refractivity contribution is 5.77. The Kier molecular flexibility index (Phi) is 3.87. The minimum absolute atomic E-state index is 0.0829. The second-order valence-electron chi connectivity index (χ2n) is 6.08. The number of carbonyl (C=O) groups is 2. The third-order valence-corrected chi connectivity index (χ3v) is 3.35. The summed E-state index contributed by atoms with van der Waals surface area (Å²) in [5, 5.41) is 2.78. The van der Waals surface area contributed by atoms with Gasteiger partial charge in [-0.2, -0.15) is 0 Å². The average molecular weight is 269 g/mol. The van der Waals surface area contributed by atoms with Gasteiger partial charge in [-0.3, -0.25) is 4.90 Å². The van der Waals surface area contributed by atoms with E-state index in [1.807, 2.05) is 20.8 Å². The highest BCUT2D eigenvalue weighted by atomic mass is 16.6. The molecule has 0 aromatic heterocycles. The van der Waals surface area contributed by atoms with E-state index in [4.69, 9.17) is 4.74 Å². The van der Waals surface area contributed by atoms with E-state index in [9.17, 15) is 9.59 Å². The van der Waals surface area contributed by atoms with Crippen LogP contribution in [-0.4, -0.2) is 53.3 Å². The molecule has 0 bridgehead atoms. The van der Waals surface area contributed by atoms with Crippen molar-refractivity contribution < 1.29 is 14.3 Å². The molecule has 3 amide bonds. The number of nitrogens with one attached hydrogen (secondary N) is 1. The zero-order valence-electron chi connectivity index (χ0n) is 11.9. The van der Waals surface area contributed by atoms with E-state index in [1.54, 1.807) is 9.80 Å². The number of ether oxygens (including phenoxy) is 1.